The second kappa shape index (κ2) is 8.34. The summed E-state index contributed by atoms with van der Waals surface area (Å²) in [4.78, 5) is 6.66. The standard InChI is InChI=1S/C21H26N4O/c1-2-5-18(6-3-1)21(16-25-13-10-22-17-25)23-19-8-11-24(12-9-19)15-20-7-4-14-26-20/h1-7,10,13-14,17,19,21,23H,8-9,11-12,15-16H2/t21-/m0/s1. The van der Waals surface area contributed by atoms with Gasteiger partial charge in [-0.3, -0.25) is 4.90 Å². The summed E-state index contributed by atoms with van der Waals surface area (Å²) in [5, 5.41) is 3.89. The van der Waals surface area contributed by atoms with Gasteiger partial charge in [0.15, 0.2) is 0 Å². The molecule has 0 amide bonds. The number of nitrogens with one attached hydrogen (secondary N) is 1. The second-order valence-corrected chi connectivity index (χ2v) is 7.02. The van der Waals surface area contributed by atoms with Gasteiger partial charge in [0, 0.05) is 38.1 Å². The Hall–Kier alpha value is -2.37. The average molecular weight is 350 g/mol. The monoisotopic (exact) mass is 350 g/mol. The number of hydrogen-bond acceptors (Lipinski definition) is 4. The lowest BCUT2D eigenvalue weighted by Crippen LogP contribution is -2.44. The summed E-state index contributed by atoms with van der Waals surface area (Å²) in [6, 6.07) is 15.6. The number of rotatable bonds is 7. The van der Waals surface area contributed by atoms with Crippen LogP contribution < -0.4 is 5.32 Å². The highest BCUT2D eigenvalue weighted by molar-refractivity contribution is 5.19. The fourth-order valence-corrected chi connectivity index (χ4v) is 3.71. The topological polar surface area (TPSA) is 46.2 Å². The molecule has 1 aliphatic rings. The van der Waals surface area contributed by atoms with E-state index in [1.54, 1.807) is 6.26 Å². The maximum absolute atomic E-state index is 5.48. The van der Waals surface area contributed by atoms with Gasteiger partial charge in [0.05, 0.1) is 25.2 Å². The van der Waals surface area contributed by atoms with Crippen molar-refractivity contribution in [2.75, 3.05) is 13.1 Å². The maximum atomic E-state index is 5.48. The number of furan rings is 1. The number of aromatic nitrogens is 2. The lowest BCUT2D eigenvalue weighted by molar-refractivity contribution is 0.171. The third-order valence-electron chi connectivity index (χ3n) is 5.14. The van der Waals surface area contributed by atoms with Crippen LogP contribution >= 0.6 is 0 Å². The molecule has 4 rings (SSSR count). The van der Waals surface area contributed by atoms with Gasteiger partial charge < -0.3 is 14.3 Å². The number of hydrogen-bond donors (Lipinski definition) is 1. The van der Waals surface area contributed by atoms with Crippen LogP contribution in [0.25, 0.3) is 0 Å². The molecule has 1 aliphatic heterocycles. The van der Waals surface area contributed by atoms with Gasteiger partial charge in [-0.05, 0) is 30.5 Å². The van der Waals surface area contributed by atoms with Crippen molar-refractivity contribution in [3.8, 4) is 0 Å². The zero-order valence-electron chi connectivity index (χ0n) is 15.0. The Morgan fingerprint density at radius 3 is 2.65 bits per heavy atom. The Morgan fingerprint density at radius 2 is 1.96 bits per heavy atom. The Kier molecular flexibility index (Phi) is 5.47. The second-order valence-electron chi connectivity index (χ2n) is 7.02. The molecule has 1 aromatic carbocycles. The van der Waals surface area contributed by atoms with Crippen molar-refractivity contribution < 1.29 is 4.42 Å². The van der Waals surface area contributed by atoms with E-state index in [2.05, 4.69) is 56.2 Å². The molecule has 0 unspecified atom stereocenters. The van der Waals surface area contributed by atoms with E-state index in [4.69, 9.17) is 4.42 Å². The molecule has 0 aliphatic carbocycles. The normalized spacial score (nSPS) is 17.4. The molecule has 0 saturated carbocycles. The van der Waals surface area contributed by atoms with E-state index in [-0.39, 0.29) is 0 Å². The number of imidazole rings is 1. The van der Waals surface area contributed by atoms with Crippen LogP contribution in [-0.2, 0) is 13.1 Å². The van der Waals surface area contributed by atoms with Crippen molar-refractivity contribution in [2.24, 2.45) is 0 Å². The Balaban J connectivity index is 1.35. The zero-order valence-corrected chi connectivity index (χ0v) is 15.0. The molecular weight excluding hydrogens is 324 g/mol. The first-order chi connectivity index (χ1) is 12.9. The predicted octanol–water partition coefficient (Wildman–Crippen LogP) is 3.47. The zero-order chi connectivity index (χ0) is 17.6. The number of piperidine rings is 1. The summed E-state index contributed by atoms with van der Waals surface area (Å²) < 4.78 is 7.63. The van der Waals surface area contributed by atoms with Gasteiger partial charge in [0.25, 0.3) is 0 Å². The molecule has 0 radical (unpaired) electrons. The van der Waals surface area contributed by atoms with Gasteiger partial charge >= 0.3 is 0 Å². The molecule has 136 valence electrons. The highest BCUT2D eigenvalue weighted by Gasteiger charge is 2.23. The fraction of sp³-hybridized carbons (Fsp3) is 0.381. The molecule has 3 heterocycles. The van der Waals surface area contributed by atoms with Crippen LogP contribution in [0.5, 0.6) is 0 Å². The number of likely N-dealkylation sites (tertiary alicyclic amines) is 1. The van der Waals surface area contributed by atoms with E-state index in [0.29, 0.717) is 12.1 Å². The van der Waals surface area contributed by atoms with Crippen molar-refractivity contribution in [1.82, 2.24) is 19.8 Å². The van der Waals surface area contributed by atoms with E-state index in [1.165, 1.54) is 5.56 Å². The van der Waals surface area contributed by atoms with E-state index >= 15 is 0 Å². The SMILES string of the molecule is c1ccc([C@H](Cn2ccnc2)NC2CCN(Cc3ccco3)CC2)cc1. The molecule has 5 heteroatoms. The van der Waals surface area contributed by atoms with Crippen LogP contribution in [0.4, 0.5) is 0 Å². The first-order valence-electron chi connectivity index (χ1n) is 9.38. The number of nitrogens with zero attached hydrogens (tertiary/aromatic N) is 3. The van der Waals surface area contributed by atoms with Crippen molar-refractivity contribution in [1.29, 1.82) is 0 Å². The lowest BCUT2D eigenvalue weighted by Gasteiger charge is -2.34. The molecule has 1 saturated heterocycles. The molecule has 0 bridgehead atoms. The van der Waals surface area contributed by atoms with Gasteiger partial charge in [-0.2, -0.15) is 0 Å². The largest absolute Gasteiger partial charge is 0.468 e. The van der Waals surface area contributed by atoms with E-state index < -0.39 is 0 Å². The molecular formula is C21H26N4O. The Labute approximate surface area is 154 Å². The molecule has 1 N–H and O–H groups in total. The van der Waals surface area contributed by atoms with Gasteiger partial charge in [-0.25, -0.2) is 4.98 Å². The third-order valence-corrected chi connectivity index (χ3v) is 5.14. The molecule has 1 fully saturated rings. The minimum Gasteiger partial charge on any atom is -0.468 e. The van der Waals surface area contributed by atoms with Gasteiger partial charge in [0.1, 0.15) is 5.76 Å². The quantitative estimate of drug-likeness (QED) is 0.709. The summed E-state index contributed by atoms with van der Waals surface area (Å²) in [6.07, 6.45) is 9.84. The summed E-state index contributed by atoms with van der Waals surface area (Å²) >= 11 is 0. The van der Waals surface area contributed by atoms with Gasteiger partial charge in [-0.15, -0.1) is 0 Å². The highest BCUT2D eigenvalue weighted by atomic mass is 16.3. The Bertz CT molecular complexity index is 747. The summed E-state index contributed by atoms with van der Waals surface area (Å²) in [7, 11) is 0. The van der Waals surface area contributed by atoms with Crippen LogP contribution in [0.3, 0.4) is 0 Å². The van der Waals surface area contributed by atoms with Crippen LogP contribution in [0.15, 0.2) is 71.9 Å². The first kappa shape index (κ1) is 17.1. The van der Waals surface area contributed by atoms with E-state index in [0.717, 1.165) is 44.8 Å². The highest BCUT2D eigenvalue weighted by Crippen LogP contribution is 2.20. The fourth-order valence-electron chi connectivity index (χ4n) is 3.71. The average Bonchev–Trinajstić information content (AvgIpc) is 3.38. The lowest BCUT2D eigenvalue weighted by atomic mass is 10.0. The maximum Gasteiger partial charge on any atom is 0.117 e. The Morgan fingerprint density at radius 1 is 1.12 bits per heavy atom. The minimum absolute atomic E-state index is 0.298. The summed E-state index contributed by atoms with van der Waals surface area (Å²) in [5.74, 6) is 1.05. The molecule has 1 atom stereocenters. The number of benzene rings is 1. The van der Waals surface area contributed by atoms with Crippen molar-refractivity contribution in [2.45, 2.75) is 38.0 Å². The van der Waals surface area contributed by atoms with Crippen molar-refractivity contribution in [3.63, 3.8) is 0 Å². The first-order valence-corrected chi connectivity index (χ1v) is 9.38. The van der Waals surface area contributed by atoms with E-state index in [9.17, 15) is 0 Å². The summed E-state index contributed by atoms with van der Waals surface area (Å²) in [5.41, 5.74) is 1.33. The smallest absolute Gasteiger partial charge is 0.117 e. The van der Waals surface area contributed by atoms with Gasteiger partial charge in [-0.1, -0.05) is 30.3 Å². The van der Waals surface area contributed by atoms with Crippen LogP contribution in [-0.4, -0.2) is 33.6 Å². The van der Waals surface area contributed by atoms with Crippen molar-refractivity contribution >= 4 is 0 Å². The summed E-state index contributed by atoms with van der Waals surface area (Å²) in [6.45, 7) is 4.02. The van der Waals surface area contributed by atoms with Crippen molar-refractivity contribution in [3.05, 3.63) is 78.8 Å². The third kappa shape index (κ3) is 4.42. The molecule has 0 spiro atoms. The molecule has 5 nitrogen and oxygen atoms in total. The predicted molar refractivity (Wildman–Crippen MR) is 102 cm³/mol. The molecule has 26 heavy (non-hydrogen) atoms. The van der Waals surface area contributed by atoms with Crippen LogP contribution in [0.1, 0.15) is 30.2 Å². The molecule has 3 aromatic rings. The minimum atomic E-state index is 0.298. The van der Waals surface area contributed by atoms with Gasteiger partial charge in [0.2, 0.25) is 0 Å². The van der Waals surface area contributed by atoms with Crippen LogP contribution in [0, 0.1) is 0 Å². The van der Waals surface area contributed by atoms with Crippen LogP contribution in [0.2, 0.25) is 0 Å². The van der Waals surface area contributed by atoms with E-state index in [1.807, 2.05) is 24.8 Å². The molecule has 2 aromatic heterocycles.